The van der Waals surface area contributed by atoms with Crippen LogP contribution in [-0.4, -0.2) is 53.6 Å². The first-order chi connectivity index (χ1) is 15.7. The summed E-state index contributed by atoms with van der Waals surface area (Å²) in [5.41, 5.74) is 1.57. The number of nitrogens with zero attached hydrogens (tertiary/aromatic N) is 4. The molecule has 2 aliphatic heterocycles. The summed E-state index contributed by atoms with van der Waals surface area (Å²) in [6, 6.07) is 10.2. The van der Waals surface area contributed by atoms with Gasteiger partial charge in [-0.2, -0.15) is 4.98 Å². The number of fused-ring (bicyclic) bond motifs is 1. The van der Waals surface area contributed by atoms with Crippen LogP contribution in [0.3, 0.4) is 0 Å². The number of morpholine rings is 1. The number of carbonyl (C=O) groups is 1. The molecule has 3 aromatic rings. The Labute approximate surface area is 189 Å². The van der Waals surface area contributed by atoms with Gasteiger partial charge in [-0.05, 0) is 23.6 Å². The first kappa shape index (κ1) is 20.8. The quantitative estimate of drug-likeness (QED) is 0.589. The Hall–Kier alpha value is -3.04. The standard InChI is InChI=1S/C23H23FN4O3S/c24-18-5-1-2-6-20(18)31-22-17-15-28(21(29)14-16-4-3-13-32-16)8-7-19(17)25-23(26-22)27-9-11-30-12-10-27/h1-6,13H,7-12,14-15H2. The van der Waals surface area contributed by atoms with E-state index in [4.69, 9.17) is 14.5 Å². The van der Waals surface area contributed by atoms with E-state index in [1.165, 1.54) is 6.07 Å². The van der Waals surface area contributed by atoms with Gasteiger partial charge in [0.15, 0.2) is 11.6 Å². The lowest BCUT2D eigenvalue weighted by Crippen LogP contribution is -2.40. The molecule has 1 saturated heterocycles. The van der Waals surface area contributed by atoms with Crippen molar-refractivity contribution in [2.24, 2.45) is 0 Å². The molecule has 9 heteroatoms. The average molecular weight is 455 g/mol. The molecule has 0 aliphatic carbocycles. The summed E-state index contributed by atoms with van der Waals surface area (Å²) >= 11 is 1.57. The molecule has 0 radical (unpaired) electrons. The van der Waals surface area contributed by atoms with Gasteiger partial charge < -0.3 is 19.3 Å². The van der Waals surface area contributed by atoms with E-state index in [1.54, 1.807) is 34.4 Å². The Morgan fingerprint density at radius 3 is 2.75 bits per heavy atom. The molecule has 0 spiro atoms. The van der Waals surface area contributed by atoms with Crippen LogP contribution >= 0.6 is 11.3 Å². The molecule has 1 aromatic carbocycles. The Morgan fingerprint density at radius 1 is 1.12 bits per heavy atom. The maximum Gasteiger partial charge on any atom is 0.229 e. The van der Waals surface area contributed by atoms with Gasteiger partial charge in [0.05, 0.1) is 37.4 Å². The average Bonchev–Trinajstić information content (AvgIpc) is 3.34. The lowest BCUT2D eigenvalue weighted by atomic mass is 10.1. The van der Waals surface area contributed by atoms with Gasteiger partial charge in [0.25, 0.3) is 0 Å². The van der Waals surface area contributed by atoms with Gasteiger partial charge in [0.2, 0.25) is 17.7 Å². The van der Waals surface area contributed by atoms with Gasteiger partial charge in [0.1, 0.15) is 0 Å². The number of para-hydroxylation sites is 1. The second-order valence-electron chi connectivity index (χ2n) is 7.71. The minimum atomic E-state index is -0.464. The maximum atomic E-state index is 14.3. The summed E-state index contributed by atoms with van der Waals surface area (Å²) < 4.78 is 25.7. The lowest BCUT2D eigenvalue weighted by molar-refractivity contribution is -0.131. The van der Waals surface area contributed by atoms with Crippen molar-refractivity contribution in [1.29, 1.82) is 0 Å². The Kier molecular flexibility index (Phi) is 6.00. The van der Waals surface area contributed by atoms with E-state index in [-0.39, 0.29) is 11.7 Å². The highest BCUT2D eigenvalue weighted by molar-refractivity contribution is 7.10. The molecule has 166 valence electrons. The van der Waals surface area contributed by atoms with Gasteiger partial charge in [0, 0.05) is 30.9 Å². The van der Waals surface area contributed by atoms with Crippen LogP contribution in [0.2, 0.25) is 0 Å². The number of carbonyl (C=O) groups excluding carboxylic acids is 1. The van der Waals surface area contributed by atoms with E-state index >= 15 is 0 Å². The number of rotatable bonds is 5. The van der Waals surface area contributed by atoms with Gasteiger partial charge in [-0.3, -0.25) is 4.79 Å². The fraction of sp³-hybridized carbons (Fsp3) is 0.348. The number of aromatic nitrogens is 2. The van der Waals surface area contributed by atoms with E-state index in [0.29, 0.717) is 64.1 Å². The molecule has 1 amide bonds. The van der Waals surface area contributed by atoms with E-state index < -0.39 is 5.82 Å². The molecular weight excluding hydrogens is 431 g/mol. The number of amides is 1. The van der Waals surface area contributed by atoms with Crippen LogP contribution in [0.4, 0.5) is 10.3 Å². The Morgan fingerprint density at radius 2 is 1.97 bits per heavy atom. The third kappa shape index (κ3) is 4.44. The van der Waals surface area contributed by atoms with Crippen molar-refractivity contribution in [3.05, 3.63) is 63.7 Å². The summed E-state index contributed by atoms with van der Waals surface area (Å²) in [5, 5.41) is 1.97. The van der Waals surface area contributed by atoms with Crippen LogP contribution in [0.1, 0.15) is 16.1 Å². The van der Waals surface area contributed by atoms with E-state index in [9.17, 15) is 9.18 Å². The minimum Gasteiger partial charge on any atom is -0.435 e. The van der Waals surface area contributed by atoms with Crippen molar-refractivity contribution >= 4 is 23.2 Å². The number of hydrogen-bond donors (Lipinski definition) is 0. The van der Waals surface area contributed by atoms with E-state index in [2.05, 4.69) is 4.98 Å². The smallest absolute Gasteiger partial charge is 0.229 e. The van der Waals surface area contributed by atoms with Crippen molar-refractivity contribution in [1.82, 2.24) is 14.9 Å². The van der Waals surface area contributed by atoms with Gasteiger partial charge in [-0.15, -0.1) is 11.3 Å². The maximum absolute atomic E-state index is 14.3. The van der Waals surface area contributed by atoms with Crippen LogP contribution in [0.5, 0.6) is 11.6 Å². The summed E-state index contributed by atoms with van der Waals surface area (Å²) in [5.74, 6) is 0.539. The number of hydrogen-bond acceptors (Lipinski definition) is 7. The molecule has 0 N–H and O–H groups in total. The van der Waals surface area contributed by atoms with Crippen molar-refractivity contribution < 1.29 is 18.7 Å². The van der Waals surface area contributed by atoms with Crippen molar-refractivity contribution in [2.75, 3.05) is 37.7 Å². The summed E-state index contributed by atoms with van der Waals surface area (Å²) in [6.45, 7) is 3.50. The Bertz CT molecular complexity index is 1100. The molecule has 0 atom stereocenters. The molecule has 5 rings (SSSR count). The highest BCUT2D eigenvalue weighted by Crippen LogP contribution is 2.32. The minimum absolute atomic E-state index is 0.0483. The van der Waals surface area contributed by atoms with Crippen molar-refractivity contribution in [3.63, 3.8) is 0 Å². The zero-order valence-electron chi connectivity index (χ0n) is 17.5. The highest BCUT2D eigenvalue weighted by atomic mass is 32.1. The van der Waals surface area contributed by atoms with Crippen LogP contribution in [0.25, 0.3) is 0 Å². The number of thiophene rings is 1. The fourth-order valence-electron chi connectivity index (χ4n) is 3.88. The van der Waals surface area contributed by atoms with Crippen LogP contribution < -0.4 is 9.64 Å². The monoisotopic (exact) mass is 454 g/mol. The molecule has 0 saturated carbocycles. The normalized spacial score (nSPS) is 16.0. The van der Waals surface area contributed by atoms with Gasteiger partial charge in [-0.1, -0.05) is 18.2 Å². The van der Waals surface area contributed by atoms with Crippen LogP contribution in [-0.2, 0) is 28.9 Å². The summed E-state index contributed by atoms with van der Waals surface area (Å²) in [6.07, 6.45) is 0.961. The topological polar surface area (TPSA) is 67.8 Å². The number of anilines is 1. The second-order valence-corrected chi connectivity index (χ2v) is 8.74. The molecule has 7 nitrogen and oxygen atoms in total. The number of ether oxygens (including phenoxy) is 2. The number of halogens is 1. The summed E-state index contributed by atoms with van der Waals surface area (Å²) in [7, 11) is 0. The van der Waals surface area contributed by atoms with Gasteiger partial charge >= 0.3 is 0 Å². The first-order valence-electron chi connectivity index (χ1n) is 10.6. The van der Waals surface area contributed by atoms with Crippen LogP contribution in [0.15, 0.2) is 41.8 Å². The van der Waals surface area contributed by atoms with E-state index in [1.807, 2.05) is 22.4 Å². The number of benzene rings is 1. The first-order valence-corrected chi connectivity index (χ1v) is 11.5. The molecule has 1 fully saturated rings. The Balaban J connectivity index is 1.46. The lowest BCUT2D eigenvalue weighted by Gasteiger charge is -2.32. The summed E-state index contributed by atoms with van der Waals surface area (Å²) in [4.78, 5) is 27.2. The second kappa shape index (κ2) is 9.22. The van der Waals surface area contributed by atoms with Crippen molar-refractivity contribution in [2.45, 2.75) is 19.4 Å². The van der Waals surface area contributed by atoms with E-state index in [0.717, 1.165) is 16.1 Å². The largest absolute Gasteiger partial charge is 0.435 e. The molecule has 32 heavy (non-hydrogen) atoms. The molecule has 2 aromatic heterocycles. The zero-order valence-corrected chi connectivity index (χ0v) is 18.3. The van der Waals surface area contributed by atoms with Gasteiger partial charge in [-0.25, -0.2) is 9.37 Å². The third-order valence-corrected chi connectivity index (χ3v) is 6.48. The molecule has 0 unspecified atom stereocenters. The SMILES string of the molecule is O=C(Cc1cccs1)N1CCc2nc(N3CCOCC3)nc(Oc3ccccc3F)c2C1. The molecule has 0 bridgehead atoms. The molecule has 2 aliphatic rings. The van der Waals surface area contributed by atoms with Crippen LogP contribution in [0, 0.1) is 5.82 Å². The predicted molar refractivity (Wildman–Crippen MR) is 119 cm³/mol. The predicted octanol–water partition coefficient (Wildman–Crippen LogP) is 3.43. The zero-order chi connectivity index (χ0) is 21.9. The van der Waals surface area contributed by atoms with Crippen molar-refractivity contribution in [3.8, 4) is 11.6 Å². The highest BCUT2D eigenvalue weighted by Gasteiger charge is 2.28. The third-order valence-electron chi connectivity index (χ3n) is 5.61. The molecule has 4 heterocycles. The molecular formula is C23H23FN4O3S. The fourth-order valence-corrected chi connectivity index (χ4v) is 4.57.